The number of aryl methyl sites for hydroxylation is 1. The van der Waals surface area contributed by atoms with Gasteiger partial charge in [-0.1, -0.05) is 30.3 Å². The van der Waals surface area contributed by atoms with Gasteiger partial charge in [0.05, 0.1) is 30.6 Å². The second-order valence-electron chi connectivity index (χ2n) is 7.25. The van der Waals surface area contributed by atoms with Crippen LogP contribution in [-0.4, -0.2) is 38.7 Å². The van der Waals surface area contributed by atoms with E-state index < -0.39 is 21.6 Å². The van der Waals surface area contributed by atoms with Crippen LogP contribution in [0.3, 0.4) is 0 Å². The average Bonchev–Trinajstić information content (AvgIpc) is 2.83. The van der Waals surface area contributed by atoms with Gasteiger partial charge in [0.15, 0.2) is 21.6 Å². The highest BCUT2D eigenvalue weighted by atomic mass is 32.2. The third kappa shape index (κ3) is 5.34. The fourth-order valence-electron chi connectivity index (χ4n) is 3.51. The minimum absolute atomic E-state index is 0.263. The van der Waals surface area contributed by atoms with Crippen molar-refractivity contribution in [2.45, 2.75) is 5.51 Å². The number of rotatable bonds is 4. The number of methoxy groups -OCH3 is 2. The van der Waals surface area contributed by atoms with E-state index in [1.807, 2.05) is 55.6 Å². The van der Waals surface area contributed by atoms with Crippen molar-refractivity contribution in [2.24, 2.45) is 7.05 Å². The Kier molecular flexibility index (Phi) is 7.70. The van der Waals surface area contributed by atoms with E-state index in [0.29, 0.717) is 17.1 Å². The lowest BCUT2D eigenvalue weighted by Crippen LogP contribution is -2.31. The number of hydrogen-bond acceptors (Lipinski definition) is 7. The summed E-state index contributed by atoms with van der Waals surface area (Å²) in [6.45, 7) is 0. The molecular weight excluding hydrogens is 503 g/mol. The maximum Gasteiger partial charge on any atom is 0.485 e. The SMILES string of the molecule is COc1cccc(OC)c1OC(=O)c1c2ccccc2[n+](C)c2ccccc12.O=S(=O)([O-])C(F)(F)F. The Bertz CT molecular complexity index is 1460. The summed E-state index contributed by atoms with van der Waals surface area (Å²) in [5.74, 6) is 0.667. The highest BCUT2D eigenvalue weighted by Crippen LogP contribution is 2.38. The monoisotopic (exact) mass is 523 g/mol. The zero-order valence-corrected chi connectivity index (χ0v) is 20.0. The zero-order chi connectivity index (χ0) is 26.7. The van der Waals surface area contributed by atoms with Gasteiger partial charge in [0.1, 0.15) is 7.05 Å². The summed E-state index contributed by atoms with van der Waals surface area (Å²) in [6, 6.07) is 20.8. The van der Waals surface area contributed by atoms with Crippen LogP contribution in [0.5, 0.6) is 17.2 Å². The Balaban J connectivity index is 0.000000392. The van der Waals surface area contributed by atoms with Gasteiger partial charge in [0.2, 0.25) is 16.8 Å². The molecule has 0 spiro atoms. The van der Waals surface area contributed by atoms with E-state index in [9.17, 15) is 18.0 Å². The lowest BCUT2D eigenvalue weighted by Gasteiger charge is -2.14. The minimum atomic E-state index is -6.09. The molecule has 4 rings (SSSR count). The van der Waals surface area contributed by atoms with E-state index in [1.165, 1.54) is 14.2 Å². The molecule has 1 heterocycles. The molecule has 3 aromatic carbocycles. The van der Waals surface area contributed by atoms with Crippen molar-refractivity contribution in [3.05, 3.63) is 72.3 Å². The molecule has 0 aliphatic heterocycles. The smallest absolute Gasteiger partial charge is 0.485 e. The first-order valence-corrected chi connectivity index (χ1v) is 11.6. The highest BCUT2D eigenvalue weighted by Gasteiger charge is 2.37. The Labute approximate surface area is 204 Å². The fourth-order valence-corrected chi connectivity index (χ4v) is 3.51. The molecule has 0 saturated carbocycles. The molecule has 0 unspecified atom stereocenters. The van der Waals surface area contributed by atoms with Gasteiger partial charge in [0.25, 0.3) is 0 Å². The summed E-state index contributed by atoms with van der Waals surface area (Å²) in [7, 11) is -1.05. The second kappa shape index (κ2) is 10.4. The quantitative estimate of drug-likeness (QED) is 0.0990. The Morgan fingerprint density at radius 3 is 1.64 bits per heavy atom. The summed E-state index contributed by atoms with van der Waals surface area (Å²) in [6.07, 6.45) is 0. The number of aromatic nitrogens is 1. The van der Waals surface area contributed by atoms with Crippen LogP contribution in [0.4, 0.5) is 13.2 Å². The van der Waals surface area contributed by atoms with Crippen LogP contribution >= 0.6 is 0 Å². The predicted octanol–water partition coefficient (Wildman–Crippen LogP) is 4.11. The second-order valence-corrected chi connectivity index (χ2v) is 8.62. The average molecular weight is 523 g/mol. The van der Waals surface area contributed by atoms with E-state index in [4.69, 9.17) is 27.2 Å². The fraction of sp³-hybridized carbons (Fsp3) is 0.167. The Morgan fingerprint density at radius 1 is 0.833 bits per heavy atom. The van der Waals surface area contributed by atoms with Crippen molar-refractivity contribution < 1.29 is 49.7 Å². The van der Waals surface area contributed by atoms with Gasteiger partial charge in [-0.25, -0.2) is 13.2 Å². The zero-order valence-electron chi connectivity index (χ0n) is 19.2. The van der Waals surface area contributed by atoms with E-state index >= 15 is 0 Å². The normalized spacial score (nSPS) is 11.5. The number of carbonyl (C=O) groups excluding carboxylic acids is 1. The topological polar surface area (TPSA) is 106 Å². The molecule has 8 nitrogen and oxygen atoms in total. The van der Waals surface area contributed by atoms with Crippen molar-refractivity contribution in [1.29, 1.82) is 0 Å². The number of hydrogen-bond donors (Lipinski definition) is 0. The van der Waals surface area contributed by atoms with Gasteiger partial charge in [-0.2, -0.15) is 17.7 Å². The highest BCUT2D eigenvalue weighted by molar-refractivity contribution is 7.86. The minimum Gasteiger partial charge on any atom is -0.741 e. The Morgan fingerprint density at radius 2 is 1.25 bits per heavy atom. The number of fused-ring (bicyclic) bond motifs is 2. The van der Waals surface area contributed by atoms with Gasteiger partial charge in [-0.3, -0.25) is 0 Å². The first-order valence-electron chi connectivity index (χ1n) is 10.2. The third-order valence-corrected chi connectivity index (χ3v) is 5.70. The van der Waals surface area contributed by atoms with Gasteiger partial charge in [0, 0.05) is 12.1 Å². The number of para-hydroxylation sites is 3. The lowest BCUT2D eigenvalue weighted by molar-refractivity contribution is -0.617. The lowest BCUT2D eigenvalue weighted by atomic mass is 10.0. The molecule has 4 aromatic rings. The number of halogens is 3. The van der Waals surface area contributed by atoms with Crippen LogP contribution < -0.4 is 18.8 Å². The molecule has 12 heteroatoms. The molecule has 36 heavy (non-hydrogen) atoms. The number of esters is 1. The molecule has 0 fully saturated rings. The van der Waals surface area contributed by atoms with Crippen molar-refractivity contribution in [1.82, 2.24) is 0 Å². The molecule has 0 amide bonds. The van der Waals surface area contributed by atoms with Crippen LogP contribution in [0.1, 0.15) is 10.4 Å². The standard InChI is InChI=1S/C23H20NO4.CHF3O3S/c1-24-17-11-6-4-9-15(17)21(16-10-5-7-12-18(16)24)23(25)28-22-19(26-2)13-8-14-20(22)27-3;2-1(3,4)8(5,6)7/h4-14H,1-3H3;(H,5,6,7)/q+1;/p-1. The van der Waals surface area contributed by atoms with Crippen molar-refractivity contribution in [3.63, 3.8) is 0 Å². The molecule has 0 N–H and O–H groups in total. The number of nitrogens with zero attached hydrogens (tertiary/aromatic N) is 1. The maximum absolute atomic E-state index is 13.3. The first-order chi connectivity index (χ1) is 16.9. The number of alkyl halides is 3. The summed E-state index contributed by atoms with van der Waals surface area (Å²) in [5.41, 5.74) is -3.25. The predicted molar refractivity (Wildman–Crippen MR) is 123 cm³/mol. The molecule has 0 atom stereocenters. The summed E-state index contributed by atoms with van der Waals surface area (Å²) in [5, 5.41) is 1.64. The van der Waals surface area contributed by atoms with Crippen LogP contribution in [0.2, 0.25) is 0 Å². The third-order valence-electron chi connectivity index (χ3n) is 5.13. The van der Waals surface area contributed by atoms with E-state index in [0.717, 1.165) is 21.8 Å². The molecular formula is C24H20F3NO7S. The van der Waals surface area contributed by atoms with Crippen molar-refractivity contribution in [2.75, 3.05) is 14.2 Å². The molecule has 1 aromatic heterocycles. The van der Waals surface area contributed by atoms with Crippen LogP contribution in [0.15, 0.2) is 66.7 Å². The molecule has 190 valence electrons. The number of carbonyl (C=O) groups is 1. The van der Waals surface area contributed by atoms with Gasteiger partial charge < -0.3 is 18.8 Å². The van der Waals surface area contributed by atoms with Crippen LogP contribution in [-0.2, 0) is 17.2 Å². The number of ether oxygens (including phenoxy) is 3. The molecule has 0 bridgehead atoms. The number of pyridine rings is 1. The molecule has 0 saturated heterocycles. The first kappa shape index (κ1) is 26.7. The van der Waals surface area contributed by atoms with Crippen molar-refractivity contribution in [3.8, 4) is 17.2 Å². The molecule has 0 radical (unpaired) electrons. The van der Waals surface area contributed by atoms with E-state index in [1.54, 1.807) is 18.2 Å². The van der Waals surface area contributed by atoms with E-state index in [2.05, 4.69) is 4.57 Å². The van der Waals surface area contributed by atoms with Crippen LogP contribution in [0.25, 0.3) is 21.8 Å². The van der Waals surface area contributed by atoms with Gasteiger partial charge >= 0.3 is 11.5 Å². The van der Waals surface area contributed by atoms with Gasteiger partial charge in [-0.15, -0.1) is 0 Å². The summed E-state index contributed by atoms with van der Waals surface area (Å²) in [4.78, 5) is 13.3. The van der Waals surface area contributed by atoms with Crippen molar-refractivity contribution >= 4 is 37.9 Å². The number of benzene rings is 3. The van der Waals surface area contributed by atoms with Gasteiger partial charge in [-0.05, 0) is 24.3 Å². The summed E-state index contributed by atoms with van der Waals surface area (Å²) < 4.78 is 77.5. The molecule has 0 aliphatic rings. The van der Waals surface area contributed by atoms with E-state index in [-0.39, 0.29) is 5.75 Å². The largest absolute Gasteiger partial charge is 0.741 e. The molecule has 0 aliphatic carbocycles. The summed E-state index contributed by atoms with van der Waals surface area (Å²) >= 11 is 0. The Hall–Kier alpha value is -3.90. The van der Waals surface area contributed by atoms with Crippen LogP contribution in [0, 0.1) is 0 Å². The maximum atomic E-state index is 13.3.